The minimum absolute atomic E-state index is 0.0271. The van der Waals surface area contributed by atoms with Gasteiger partial charge in [0.1, 0.15) is 6.61 Å². The van der Waals surface area contributed by atoms with Gasteiger partial charge in [-0.2, -0.15) is 0 Å². The number of aromatic carboxylic acids is 1. The van der Waals surface area contributed by atoms with E-state index in [1.165, 1.54) is 20.0 Å². The first-order valence-corrected chi connectivity index (χ1v) is 12.2. The van der Waals surface area contributed by atoms with Gasteiger partial charge in [-0.15, -0.1) is 0 Å². The van der Waals surface area contributed by atoms with Crippen LogP contribution in [0.5, 0.6) is 0 Å². The molecule has 0 aromatic heterocycles. The largest absolute Gasteiger partial charge is 0.478 e. The Morgan fingerprint density at radius 2 is 1.72 bits per heavy atom. The third-order valence-electron chi connectivity index (χ3n) is 6.91. The average molecular weight is 446 g/mol. The number of methoxy groups -OCH3 is 1. The van der Waals surface area contributed by atoms with Crippen molar-refractivity contribution in [2.24, 2.45) is 0 Å². The van der Waals surface area contributed by atoms with Gasteiger partial charge in [-0.1, -0.05) is 26.2 Å². The molecule has 1 amide bonds. The summed E-state index contributed by atoms with van der Waals surface area (Å²) in [4.78, 5) is 31.5. The highest BCUT2D eigenvalue weighted by molar-refractivity contribution is 5.96. The number of carboxylic acid groups (broad SMARTS) is 1. The molecule has 7 heteroatoms. The summed E-state index contributed by atoms with van der Waals surface area (Å²) < 4.78 is 5.14. The van der Waals surface area contributed by atoms with Crippen LogP contribution in [0.2, 0.25) is 0 Å². The van der Waals surface area contributed by atoms with E-state index in [9.17, 15) is 14.7 Å². The number of rotatable bonds is 5. The standard InChI is InChI=1S/C25H39N3O4/c1-3-26-15-11-22(12-16-26)27-13-7-5-4-6-8-14-28(24(29)19-32-2)23-10-9-20(25(30)31)17-21(23)18-27/h9-10,17,22H,3-8,11-16,18-19H2,1-2H3,(H,30,31). The molecule has 2 aliphatic heterocycles. The summed E-state index contributed by atoms with van der Waals surface area (Å²) in [5.41, 5.74) is 2.03. The van der Waals surface area contributed by atoms with Crippen LogP contribution in [0.1, 0.15) is 67.8 Å². The number of amides is 1. The fourth-order valence-corrected chi connectivity index (χ4v) is 5.01. The molecular weight excluding hydrogens is 406 g/mol. The van der Waals surface area contributed by atoms with Crippen molar-refractivity contribution in [3.8, 4) is 0 Å². The molecule has 0 spiro atoms. The van der Waals surface area contributed by atoms with E-state index in [-0.39, 0.29) is 18.1 Å². The molecule has 1 aromatic carbocycles. The lowest BCUT2D eigenvalue weighted by atomic mass is 9.99. The fourth-order valence-electron chi connectivity index (χ4n) is 5.01. The molecule has 32 heavy (non-hydrogen) atoms. The number of anilines is 1. The number of fused-ring (bicyclic) bond motifs is 1. The van der Waals surface area contributed by atoms with Crippen molar-refractivity contribution < 1.29 is 19.4 Å². The Morgan fingerprint density at radius 3 is 2.38 bits per heavy atom. The molecule has 0 unspecified atom stereocenters. The van der Waals surface area contributed by atoms with Crippen LogP contribution in [-0.2, 0) is 16.1 Å². The van der Waals surface area contributed by atoms with Gasteiger partial charge in [0.05, 0.1) is 5.56 Å². The Bertz CT molecular complexity index is 762. The molecule has 1 N–H and O–H groups in total. The van der Waals surface area contributed by atoms with Gasteiger partial charge in [0, 0.05) is 31.9 Å². The van der Waals surface area contributed by atoms with E-state index in [2.05, 4.69) is 16.7 Å². The first-order chi connectivity index (χ1) is 15.5. The summed E-state index contributed by atoms with van der Waals surface area (Å²) in [5.74, 6) is -1.01. The van der Waals surface area contributed by atoms with E-state index in [1.54, 1.807) is 12.1 Å². The smallest absolute Gasteiger partial charge is 0.335 e. The highest BCUT2D eigenvalue weighted by atomic mass is 16.5. The molecular formula is C25H39N3O4. The number of carboxylic acids is 1. The maximum Gasteiger partial charge on any atom is 0.335 e. The molecule has 178 valence electrons. The molecule has 2 heterocycles. The first-order valence-electron chi connectivity index (χ1n) is 12.2. The second-order valence-corrected chi connectivity index (χ2v) is 9.03. The first kappa shape index (κ1) is 24.7. The lowest BCUT2D eigenvalue weighted by Gasteiger charge is -2.39. The molecule has 1 aromatic rings. The highest BCUT2D eigenvalue weighted by Gasteiger charge is 2.27. The summed E-state index contributed by atoms with van der Waals surface area (Å²) in [6, 6.07) is 5.69. The number of carbonyl (C=O) groups excluding carboxylic acids is 1. The van der Waals surface area contributed by atoms with Crippen LogP contribution in [-0.4, -0.2) is 79.3 Å². The third-order valence-corrected chi connectivity index (χ3v) is 6.91. The van der Waals surface area contributed by atoms with Gasteiger partial charge < -0.3 is 19.6 Å². The maximum absolute atomic E-state index is 12.9. The highest BCUT2D eigenvalue weighted by Crippen LogP contribution is 2.28. The van der Waals surface area contributed by atoms with Gasteiger partial charge in [-0.3, -0.25) is 9.69 Å². The number of ether oxygens (including phenoxy) is 1. The average Bonchev–Trinajstić information content (AvgIpc) is 2.79. The molecule has 1 fully saturated rings. The molecule has 0 bridgehead atoms. The zero-order valence-corrected chi connectivity index (χ0v) is 19.7. The zero-order chi connectivity index (χ0) is 22.9. The Kier molecular flexibility index (Phi) is 9.51. The Balaban J connectivity index is 1.94. The van der Waals surface area contributed by atoms with Gasteiger partial charge >= 0.3 is 5.97 Å². The molecule has 0 aliphatic carbocycles. The lowest BCUT2D eigenvalue weighted by Crippen LogP contribution is -2.45. The van der Waals surface area contributed by atoms with Crippen LogP contribution in [0.3, 0.4) is 0 Å². The Hall–Kier alpha value is -1.96. The van der Waals surface area contributed by atoms with Crippen molar-refractivity contribution in [3.05, 3.63) is 29.3 Å². The monoisotopic (exact) mass is 445 g/mol. The van der Waals surface area contributed by atoms with E-state index in [0.29, 0.717) is 19.1 Å². The van der Waals surface area contributed by atoms with E-state index >= 15 is 0 Å². The zero-order valence-electron chi connectivity index (χ0n) is 19.7. The molecule has 2 aliphatic rings. The van der Waals surface area contributed by atoms with Crippen LogP contribution in [0.15, 0.2) is 18.2 Å². The van der Waals surface area contributed by atoms with E-state index in [0.717, 1.165) is 69.5 Å². The number of carbonyl (C=O) groups is 2. The van der Waals surface area contributed by atoms with Crippen molar-refractivity contribution in [2.45, 2.75) is 64.5 Å². The molecule has 0 saturated carbocycles. The summed E-state index contributed by atoms with van der Waals surface area (Å²) in [6.07, 6.45) is 7.83. The fraction of sp³-hybridized carbons (Fsp3) is 0.680. The quantitative estimate of drug-likeness (QED) is 0.746. The van der Waals surface area contributed by atoms with Gasteiger partial charge in [-0.25, -0.2) is 4.79 Å². The molecule has 1 saturated heterocycles. The van der Waals surface area contributed by atoms with E-state index in [4.69, 9.17) is 4.74 Å². The normalized spacial score (nSPS) is 20.2. The SMILES string of the molecule is CCN1CCC(N2CCCCCCCN(C(=O)COC)c3ccc(C(=O)O)cc3C2)CC1. The van der Waals surface area contributed by atoms with Crippen molar-refractivity contribution in [1.82, 2.24) is 9.80 Å². The van der Waals surface area contributed by atoms with Crippen LogP contribution in [0, 0.1) is 0 Å². The number of hydrogen-bond donors (Lipinski definition) is 1. The predicted molar refractivity (Wildman–Crippen MR) is 126 cm³/mol. The lowest BCUT2D eigenvalue weighted by molar-refractivity contribution is -0.122. The van der Waals surface area contributed by atoms with Gasteiger partial charge in [0.25, 0.3) is 5.91 Å². The summed E-state index contributed by atoms with van der Waals surface area (Å²) >= 11 is 0. The van der Waals surface area contributed by atoms with E-state index < -0.39 is 5.97 Å². The van der Waals surface area contributed by atoms with Gasteiger partial charge in [0.2, 0.25) is 0 Å². The van der Waals surface area contributed by atoms with Crippen molar-refractivity contribution in [2.75, 3.05) is 51.3 Å². The van der Waals surface area contributed by atoms with Crippen LogP contribution >= 0.6 is 0 Å². The number of nitrogens with zero attached hydrogens (tertiary/aromatic N) is 3. The minimum Gasteiger partial charge on any atom is -0.478 e. The molecule has 7 nitrogen and oxygen atoms in total. The third kappa shape index (κ3) is 6.53. The summed E-state index contributed by atoms with van der Waals surface area (Å²) in [5, 5.41) is 9.61. The number of benzene rings is 1. The number of hydrogen-bond acceptors (Lipinski definition) is 5. The Morgan fingerprint density at radius 1 is 1.03 bits per heavy atom. The second kappa shape index (κ2) is 12.3. The summed E-state index contributed by atoms with van der Waals surface area (Å²) in [6.45, 7) is 7.87. The topological polar surface area (TPSA) is 73.3 Å². The summed E-state index contributed by atoms with van der Waals surface area (Å²) in [7, 11) is 1.53. The Labute approximate surface area is 192 Å². The van der Waals surface area contributed by atoms with Crippen LogP contribution < -0.4 is 4.90 Å². The molecule has 0 radical (unpaired) electrons. The molecule has 3 rings (SSSR count). The van der Waals surface area contributed by atoms with Crippen LogP contribution in [0.4, 0.5) is 5.69 Å². The van der Waals surface area contributed by atoms with E-state index in [1.807, 2.05) is 11.0 Å². The van der Waals surface area contributed by atoms with Crippen molar-refractivity contribution in [3.63, 3.8) is 0 Å². The number of piperidine rings is 1. The van der Waals surface area contributed by atoms with Crippen molar-refractivity contribution >= 4 is 17.6 Å². The minimum atomic E-state index is -0.934. The predicted octanol–water partition coefficient (Wildman–Crippen LogP) is 3.61. The number of likely N-dealkylation sites (tertiary alicyclic amines) is 1. The van der Waals surface area contributed by atoms with Gasteiger partial charge in [-0.05, 0) is 75.6 Å². The van der Waals surface area contributed by atoms with Crippen LogP contribution in [0.25, 0.3) is 0 Å². The van der Waals surface area contributed by atoms with Crippen molar-refractivity contribution in [1.29, 1.82) is 0 Å². The molecule has 0 atom stereocenters. The van der Waals surface area contributed by atoms with Gasteiger partial charge in [0.15, 0.2) is 0 Å². The maximum atomic E-state index is 12.9. The second-order valence-electron chi connectivity index (χ2n) is 9.03.